The van der Waals surface area contributed by atoms with E-state index < -0.39 is 24.0 Å². The molecule has 0 heterocycles. The average Bonchev–Trinajstić information content (AvgIpc) is 2.44. The lowest BCUT2D eigenvalue weighted by molar-refractivity contribution is -0.138. The van der Waals surface area contributed by atoms with Crippen molar-refractivity contribution in [3.05, 3.63) is 25.3 Å². The highest BCUT2D eigenvalue weighted by Crippen LogP contribution is 2.21. The van der Waals surface area contributed by atoms with Crippen LogP contribution in [-0.2, 0) is 9.59 Å². The first-order valence-electron chi connectivity index (χ1n) is 5.87. The molecule has 6 N–H and O–H groups in total. The number of aliphatic carboxylic acids is 2. The molecule has 0 rings (SSSR count). The fraction of sp³-hybridized carbons (Fsp3) is 0.500. The number of carboxylic acids is 2. The molecule has 2 unspecified atom stereocenters. The molecule has 6 nitrogen and oxygen atoms in total. The van der Waals surface area contributed by atoms with E-state index in [1.54, 1.807) is 22.9 Å². The van der Waals surface area contributed by atoms with Crippen LogP contribution in [0.3, 0.4) is 0 Å². The van der Waals surface area contributed by atoms with Gasteiger partial charge >= 0.3 is 11.9 Å². The van der Waals surface area contributed by atoms with Crippen molar-refractivity contribution >= 4 is 45.3 Å². The van der Waals surface area contributed by atoms with Gasteiger partial charge in [0.15, 0.2) is 0 Å². The van der Waals surface area contributed by atoms with Gasteiger partial charge in [-0.15, -0.1) is 13.2 Å². The molecule has 21 heavy (non-hydrogen) atoms. The normalized spacial score (nSPS) is 12.5. The SMILES string of the molecule is C=CCSCC(N)C(=O)O.C=CCSSCC(N)C(=O)O. The van der Waals surface area contributed by atoms with E-state index in [9.17, 15) is 9.59 Å². The topological polar surface area (TPSA) is 127 Å². The third-order valence-corrected chi connectivity index (χ3v) is 5.10. The summed E-state index contributed by atoms with van der Waals surface area (Å²) in [6, 6.07) is -1.50. The van der Waals surface area contributed by atoms with Gasteiger partial charge in [0.25, 0.3) is 0 Å². The predicted molar refractivity (Wildman–Crippen MR) is 93.9 cm³/mol. The highest BCUT2D eigenvalue weighted by atomic mass is 33.1. The fourth-order valence-electron chi connectivity index (χ4n) is 0.639. The summed E-state index contributed by atoms with van der Waals surface area (Å²) in [5.41, 5.74) is 10.4. The van der Waals surface area contributed by atoms with E-state index in [0.29, 0.717) is 11.5 Å². The zero-order chi connectivity index (χ0) is 16.7. The maximum atomic E-state index is 10.2. The maximum Gasteiger partial charge on any atom is 0.321 e. The van der Waals surface area contributed by atoms with Crippen LogP contribution in [0.25, 0.3) is 0 Å². The van der Waals surface area contributed by atoms with Gasteiger partial charge in [0, 0.05) is 23.0 Å². The molecule has 0 aromatic heterocycles. The third kappa shape index (κ3) is 17.3. The van der Waals surface area contributed by atoms with Gasteiger partial charge in [0.1, 0.15) is 12.1 Å². The fourth-order valence-corrected chi connectivity index (χ4v) is 3.22. The van der Waals surface area contributed by atoms with Gasteiger partial charge in [-0.3, -0.25) is 9.59 Å². The minimum Gasteiger partial charge on any atom is -0.480 e. The molecule has 122 valence electrons. The number of carboxylic acid groups (broad SMARTS) is 2. The summed E-state index contributed by atoms with van der Waals surface area (Å²) in [5.74, 6) is 0.556. The Balaban J connectivity index is 0. The Morgan fingerprint density at radius 3 is 1.86 bits per heavy atom. The van der Waals surface area contributed by atoms with Crippen molar-refractivity contribution in [1.82, 2.24) is 0 Å². The van der Waals surface area contributed by atoms with E-state index in [4.69, 9.17) is 21.7 Å². The lowest BCUT2D eigenvalue weighted by Gasteiger charge is -2.03. The molecule has 0 radical (unpaired) electrons. The molecule has 0 aliphatic carbocycles. The van der Waals surface area contributed by atoms with Gasteiger partial charge in [-0.25, -0.2) is 0 Å². The van der Waals surface area contributed by atoms with Gasteiger partial charge in [-0.1, -0.05) is 33.7 Å². The standard InChI is InChI=1S/C6H11NO2S2.C6H11NO2S/c1-2-3-10-11-4-5(7)6(8)9;1-2-3-10-4-5(7)6(8)9/h2,5H,1,3-4,7H2,(H,8,9);2,5H,1,3-4,7H2,(H,8,9). The number of hydrogen-bond acceptors (Lipinski definition) is 7. The number of nitrogens with two attached hydrogens (primary N) is 2. The quantitative estimate of drug-likeness (QED) is 0.246. The second kappa shape index (κ2) is 15.8. The average molecular weight is 355 g/mol. The number of thioether (sulfide) groups is 1. The Kier molecular flexibility index (Phi) is 17.0. The van der Waals surface area contributed by atoms with Crippen molar-refractivity contribution in [2.75, 3.05) is 23.0 Å². The minimum absolute atomic E-state index is 0.438. The number of carbonyl (C=O) groups is 2. The Morgan fingerprint density at radius 2 is 1.43 bits per heavy atom. The molecule has 0 aromatic carbocycles. The summed E-state index contributed by atoms with van der Waals surface area (Å²) < 4.78 is 0. The van der Waals surface area contributed by atoms with Crippen molar-refractivity contribution in [2.24, 2.45) is 11.5 Å². The van der Waals surface area contributed by atoms with Crippen LogP contribution < -0.4 is 11.5 Å². The smallest absolute Gasteiger partial charge is 0.321 e. The lowest BCUT2D eigenvalue weighted by atomic mass is 10.4. The van der Waals surface area contributed by atoms with Crippen LogP contribution in [0.15, 0.2) is 25.3 Å². The first-order chi connectivity index (χ1) is 9.86. The molecule has 0 saturated heterocycles. The summed E-state index contributed by atoms with van der Waals surface area (Å²) in [6.07, 6.45) is 3.49. The summed E-state index contributed by atoms with van der Waals surface area (Å²) in [6.45, 7) is 7.02. The summed E-state index contributed by atoms with van der Waals surface area (Å²) in [5, 5.41) is 16.7. The summed E-state index contributed by atoms with van der Waals surface area (Å²) in [4.78, 5) is 20.3. The van der Waals surface area contributed by atoms with E-state index in [1.165, 1.54) is 22.6 Å². The van der Waals surface area contributed by atoms with E-state index >= 15 is 0 Å². The Morgan fingerprint density at radius 1 is 0.952 bits per heavy atom. The van der Waals surface area contributed by atoms with E-state index in [-0.39, 0.29) is 0 Å². The van der Waals surface area contributed by atoms with E-state index in [1.807, 2.05) is 0 Å². The highest BCUT2D eigenvalue weighted by molar-refractivity contribution is 8.76. The zero-order valence-corrected chi connectivity index (χ0v) is 14.1. The molecule has 0 spiro atoms. The van der Waals surface area contributed by atoms with Gasteiger partial charge < -0.3 is 21.7 Å². The number of rotatable bonds is 11. The van der Waals surface area contributed by atoms with E-state index in [0.717, 1.165) is 11.5 Å². The van der Waals surface area contributed by atoms with Crippen LogP contribution in [0, 0.1) is 0 Å². The molecule has 0 aromatic rings. The van der Waals surface area contributed by atoms with Crippen molar-refractivity contribution in [3.63, 3.8) is 0 Å². The molecule has 0 bridgehead atoms. The van der Waals surface area contributed by atoms with Crippen molar-refractivity contribution in [2.45, 2.75) is 12.1 Å². The first kappa shape index (κ1) is 22.7. The summed E-state index contributed by atoms with van der Waals surface area (Å²) in [7, 11) is 3.01. The zero-order valence-electron chi connectivity index (χ0n) is 11.6. The molecular weight excluding hydrogens is 332 g/mol. The van der Waals surface area contributed by atoms with Gasteiger partial charge in [0.05, 0.1) is 0 Å². The number of hydrogen-bond donors (Lipinski definition) is 4. The van der Waals surface area contributed by atoms with Gasteiger partial charge in [-0.2, -0.15) is 11.8 Å². The second-order valence-corrected chi connectivity index (χ2v) is 7.20. The monoisotopic (exact) mass is 354 g/mol. The molecule has 0 saturated carbocycles. The van der Waals surface area contributed by atoms with Crippen molar-refractivity contribution in [1.29, 1.82) is 0 Å². The van der Waals surface area contributed by atoms with Crippen LogP contribution >= 0.6 is 33.3 Å². The second-order valence-electron chi connectivity index (χ2n) is 3.57. The Labute approximate surface area is 137 Å². The minimum atomic E-state index is -0.948. The lowest BCUT2D eigenvalue weighted by Crippen LogP contribution is -2.32. The van der Waals surface area contributed by atoms with Crippen LogP contribution in [0.4, 0.5) is 0 Å². The van der Waals surface area contributed by atoms with Crippen molar-refractivity contribution in [3.8, 4) is 0 Å². The molecule has 0 aliphatic heterocycles. The summed E-state index contributed by atoms with van der Waals surface area (Å²) >= 11 is 1.47. The third-order valence-electron chi connectivity index (χ3n) is 1.68. The molecule has 0 aliphatic rings. The molecule has 9 heteroatoms. The molecular formula is C12H22N2O4S3. The van der Waals surface area contributed by atoms with E-state index in [2.05, 4.69) is 13.2 Å². The van der Waals surface area contributed by atoms with Crippen LogP contribution in [0.5, 0.6) is 0 Å². The van der Waals surface area contributed by atoms with Crippen LogP contribution in [0.1, 0.15) is 0 Å². The first-order valence-corrected chi connectivity index (χ1v) is 9.51. The Hall–Kier alpha value is -0.610. The van der Waals surface area contributed by atoms with Crippen molar-refractivity contribution < 1.29 is 19.8 Å². The largest absolute Gasteiger partial charge is 0.480 e. The predicted octanol–water partition coefficient (Wildman–Crippen LogP) is 1.28. The highest BCUT2D eigenvalue weighted by Gasteiger charge is 2.10. The maximum absolute atomic E-state index is 10.2. The van der Waals surface area contributed by atoms with Crippen LogP contribution in [-0.4, -0.2) is 57.2 Å². The van der Waals surface area contributed by atoms with Crippen LogP contribution in [0.2, 0.25) is 0 Å². The molecule has 2 atom stereocenters. The Bertz CT molecular complexity index is 330. The molecule has 0 fully saturated rings. The van der Waals surface area contributed by atoms with Gasteiger partial charge in [-0.05, 0) is 0 Å². The van der Waals surface area contributed by atoms with Gasteiger partial charge in [0.2, 0.25) is 0 Å². The molecule has 0 amide bonds.